The maximum Gasteiger partial charge on any atom is 0.226 e. The molecule has 1 amide bonds. The Morgan fingerprint density at radius 2 is 2.41 bits per heavy atom. The lowest BCUT2D eigenvalue weighted by atomic mass is 9.93. The molecule has 2 aromatic rings. The van der Waals surface area contributed by atoms with Gasteiger partial charge >= 0.3 is 0 Å². The van der Waals surface area contributed by atoms with Gasteiger partial charge in [-0.1, -0.05) is 0 Å². The van der Waals surface area contributed by atoms with Crippen LogP contribution < -0.4 is 5.32 Å². The molecule has 3 heterocycles. The molecule has 0 radical (unpaired) electrons. The van der Waals surface area contributed by atoms with Crippen molar-refractivity contribution < 1.29 is 4.79 Å². The molecule has 2 aromatic heterocycles. The molecule has 0 bridgehead atoms. The highest BCUT2D eigenvalue weighted by Gasteiger charge is 2.30. The summed E-state index contributed by atoms with van der Waals surface area (Å²) in [6.07, 6.45) is 2.33. The monoisotopic (exact) mass is 311 g/mol. The molecule has 4 nitrogen and oxygen atoms in total. The van der Waals surface area contributed by atoms with Crippen molar-refractivity contribution >= 4 is 39.0 Å². The van der Waals surface area contributed by atoms with Gasteiger partial charge in [-0.15, -0.1) is 11.3 Å². The number of halogens is 1. The van der Waals surface area contributed by atoms with Crippen molar-refractivity contribution in [1.82, 2.24) is 9.78 Å². The minimum absolute atomic E-state index is 0.0515. The summed E-state index contributed by atoms with van der Waals surface area (Å²) in [6, 6.07) is 4.08. The third-order valence-corrected chi connectivity index (χ3v) is 4.66. The molecule has 1 aliphatic heterocycles. The van der Waals surface area contributed by atoms with Crippen LogP contribution in [0.25, 0.3) is 0 Å². The van der Waals surface area contributed by atoms with Crippen molar-refractivity contribution in [3.05, 3.63) is 32.6 Å². The van der Waals surface area contributed by atoms with Crippen LogP contribution in [0.1, 0.15) is 22.8 Å². The van der Waals surface area contributed by atoms with Crippen LogP contribution in [-0.4, -0.2) is 15.7 Å². The fourth-order valence-electron chi connectivity index (χ4n) is 2.11. The largest absolute Gasteiger partial charge is 0.311 e. The van der Waals surface area contributed by atoms with Gasteiger partial charge in [0.15, 0.2) is 0 Å². The maximum atomic E-state index is 11.7. The summed E-state index contributed by atoms with van der Waals surface area (Å²) in [5, 5.41) is 7.08. The van der Waals surface area contributed by atoms with E-state index in [9.17, 15) is 4.79 Å². The first-order valence-electron chi connectivity index (χ1n) is 5.22. The van der Waals surface area contributed by atoms with E-state index < -0.39 is 0 Å². The second-order valence-electron chi connectivity index (χ2n) is 4.02. The zero-order valence-electron chi connectivity index (χ0n) is 9.11. The molecule has 0 fully saturated rings. The third kappa shape index (κ3) is 1.81. The Kier molecular flexibility index (Phi) is 2.56. The smallest absolute Gasteiger partial charge is 0.226 e. The quantitative estimate of drug-likeness (QED) is 0.880. The molecular weight excluding hydrogens is 302 g/mol. The van der Waals surface area contributed by atoms with Crippen LogP contribution in [0, 0.1) is 0 Å². The number of rotatable bonds is 1. The van der Waals surface area contributed by atoms with Gasteiger partial charge in [0.2, 0.25) is 5.91 Å². The predicted molar refractivity (Wildman–Crippen MR) is 70.3 cm³/mol. The Hall–Kier alpha value is -1.14. The molecule has 1 unspecified atom stereocenters. The van der Waals surface area contributed by atoms with E-state index in [-0.39, 0.29) is 11.8 Å². The molecule has 0 spiro atoms. The molecule has 6 heteroatoms. The average molecular weight is 312 g/mol. The number of nitrogens with zero attached hydrogens (tertiary/aromatic N) is 2. The Bertz CT molecular complexity index is 589. The van der Waals surface area contributed by atoms with Crippen molar-refractivity contribution in [1.29, 1.82) is 0 Å². The lowest BCUT2D eigenvalue weighted by Gasteiger charge is -2.21. The fourth-order valence-corrected chi connectivity index (χ4v) is 3.65. The van der Waals surface area contributed by atoms with Gasteiger partial charge in [-0.2, -0.15) is 5.10 Å². The third-order valence-electron chi connectivity index (χ3n) is 2.93. The van der Waals surface area contributed by atoms with Gasteiger partial charge in [-0.3, -0.25) is 9.48 Å². The highest BCUT2D eigenvalue weighted by atomic mass is 79.9. The normalized spacial score (nSPS) is 18.9. The van der Waals surface area contributed by atoms with Gasteiger partial charge in [-0.05, 0) is 28.1 Å². The number of hydrogen-bond donors (Lipinski definition) is 1. The van der Waals surface area contributed by atoms with Crippen LogP contribution >= 0.6 is 27.3 Å². The lowest BCUT2D eigenvalue weighted by Crippen LogP contribution is -2.23. The van der Waals surface area contributed by atoms with Crippen LogP contribution in [-0.2, 0) is 11.8 Å². The summed E-state index contributed by atoms with van der Waals surface area (Å²) in [5.41, 5.74) is 1.10. The second kappa shape index (κ2) is 3.96. The summed E-state index contributed by atoms with van der Waals surface area (Å²) in [7, 11) is 1.84. The Morgan fingerprint density at radius 1 is 1.59 bits per heavy atom. The van der Waals surface area contributed by atoms with Gasteiger partial charge in [0, 0.05) is 29.8 Å². The minimum atomic E-state index is 0.0515. The topological polar surface area (TPSA) is 46.9 Å². The Balaban J connectivity index is 2.09. The van der Waals surface area contributed by atoms with Gasteiger partial charge < -0.3 is 5.32 Å². The van der Waals surface area contributed by atoms with Crippen molar-refractivity contribution in [3.8, 4) is 0 Å². The van der Waals surface area contributed by atoms with E-state index in [4.69, 9.17) is 0 Å². The molecule has 3 rings (SSSR count). The number of anilines is 1. The number of hydrogen-bond acceptors (Lipinski definition) is 3. The zero-order chi connectivity index (χ0) is 12.0. The summed E-state index contributed by atoms with van der Waals surface area (Å²) >= 11 is 5.12. The maximum absolute atomic E-state index is 11.7. The minimum Gasteiger partial charge on any atom is -0.311 e. The number of thiophene rings is 1. The van der Waals surface area contributed by atoms with E-state index in [1.54, 1.807) is 16.0 Å². The summed E-state index contributed by atoms with van der Waals surface area (Å²) in [6.45, 7) is 0. The first kappa shape index (κ1) is 11.0. The molecule has 1 N–H and O–H groups in total. The highest BCUT2D eigenvalue weighted by Crippen LogP contribution is 2.40. The molecule has 0 aliphatic carbocycles. The molecule has 0 saturated heterocycles. The van der Waals surface area contributed by atoms with Crippen molar-refractivity contribution in [3.63, 3.8) is 0 Å². The fraction of sp³-hybridized carbons (Fsp3) is 0.273. The predicted octanol–water partition coefficient (Wildman–Crippen LogP) is 2.72. The highest BCUT2D eigenvalue weighted by molar-refractivity contribution is 9.11. The number of amides is 1. The van der Waals surface area contributed by atoms with E-state index in [1.165, 1.54) is 4.88 Å². The number of nitrogens with one attached hydrogen (secondary N) is 1. The first-order valence-corrected chi connectivity index (χ1v) is 6.83. The molecule has 1 aliphatic rings. The van der Waals surface area contributed by atoms with Gasteiger partial charge in [0.05, 0.1) is 9.98 Å². The van der Waals surface area contributed by atoms with Gasteiger partial charge in [-0.25, -0.2) is 0 Å². The van der Waals surface area contributed by atoms with E-state index >= 15 is 0 Å². The van der Waals surface area contributed by atoms with Crippen LogP contribution in [0.3, 0.4) is 0 Å². The Morgan fingerprint density at radius 3 is 3.12 bits per heavy atom. The van der Waals surface area contributed by atoms with E-state index in [1.807, 2.05) is 19.3 Å². The van der Waals surface area contributed by atoms with Crippen LogP contribution in [0.5, 0.6) is 0 Å². The summed E-state index contributed by atoms with van der Waals surface area (Å²) in [5.74, 6) is 0.996. The molecular formula is C11H10BrN3OS. The van der Waals surface area contributed by atoms with Crippen molar-refractivity contribution in [2.24, 2.45) is 7.05 Å². The van der Waals surface area contributed by atoms with Crippen molar-refractivity contribution in [2.75, 3.05) is 5.32 Å². The van der Waals surface area contributed by atoms with E-state index in [0.717, 1.165) is 15.2 Å². The Labute approximate surface area is 111 Å². The zero-order valence-corrected chi connectivity index (χ0v) is 11.5. The van der Waals surface area contributed by atoms with E-state index in [2.05, 4.69) is 32.4 Å². The molecule has 1 atom stereocenters. The lowest BCUT2D eigenvalue weighted by molar-refractivity contribution is -0.116. The standard InChI is InChI=1S/C11H10BrN3OS/c1-15-11-7(5-13-15)6(4-10(16)14-11)8-2-3-9(12)17-8/h2-3,5-6H,4H2,1H3,(H,14,16). The van der Waals surface area contributed by atoms with Crippen LogP contribution in [0.2, 0.25) is 0 Å². The van der Waals surface area contributed by atoms with Gasteiger partial charge in [0.25, 0.3) is 0 Å². The van der Waals surface area contributed by atoms with Crippen molar-refractivity contribution in [2.45, 2.75) is 12.3 Å². The molecule has 17 heavy (non-hydrogen) atoms. The van der Waals surface area contributed by atoms with Crippen LogP contribution in [0.4, 0.5) is 5.82 Å². The average Bonchev–Trinajstić information content (AvgIpc) is 2.86. The number of aromatic nitrogens is 2. The molecule has 88 valence electrons. The number of aryl methyl sites for hydroxylation is 1. The molecule has 0 saturated carbocycles. The summed E-state index contributed by atoms with van der Waals surface area (Å²) < 4.78 is 2.80. The second-order valence-corrected chi connectivity index (χ2v) is 6.51. The number of carbonyl (C=O) groups is 1. The first-order chi connectivity index (χ1) is 8.15. The van der Waals surface area contributed by atoms with Crippen LogP contribution in [0.15, 0.2) is 22.1 Å². The SMILES string of the molecule is Cn1ncc2c1NC(=O)CC2c1ccc(Br)s1. The number of fused-ring (bicyclic) bond motifs is 1. The van der Waals surface area contributed by atoms with Gasteiger partial charge in [0.1, 0.15) is 5.82 Å². The summed E-state index contributed by atoms with van der Waals surface area (Å²) in [4.78, 5) is 12.9. The number of carbonyl (C=O) groups excluding carboxylic acids is 1. The molecule has 0 aromatic carbocycles. The van der Waals surface area contributed by atoms with E-state index in [0.29, 0.717) is 6.42 Å².